The summed E-state index contributed by atoms with van der Waals surface area (Å²) in [7, 11) is 0. The Bertz CT molecular complexity index is 963. The number of aliphatic imine (C=N–C) groups is 1. The number of benzene rings is 2. The summed E-state index contributed by atoms with van der Waals surface area (Å²) in [5.41, 5.74) is 4.99. The van der Waals surface area contributed by atoms with Crippen molar-refractivity contribution in [3.63, 3.8) is 0 Å². The zero-order valence-electron chi connectivity index (χ0n) is 12.3. The summed E-state index contributed by atoms with van der Waals surface area (Å²) in [6, 6.07) is 11.1. The van der Waals surface area contributed by atoms with Crippen LogP contribution in [0.4, 0.5) is 0 Å². The van der Waals surface area contributed by atoms with Crippen LogP contribution < -0.4 is 0 Å². The highest BCUT2D eigenvalue weighted by Crippen LogP contribution is 2.36. The number of hydrogen-bond acceptors (Lipinski definition) is 3. The van der Waals surface area contributed by atoms with Crippen LogP contribution in [0.3, 0.4) is 0 Å². The molecule has 0 unspecified atom stereocenters. The van der Waals surface area contributed by atoms with Gasteiger partial charge < -0.3 is 0 Å². The molecule has 2 heterocycles. The molecule has 0 aliphatic carbocycles. The zero-order chi connectivity index (χ0) is 16.7. The van der Waals surface area contributed by atoms with Crippen molar-refractivity contribution in [2.45, 2.75) is 6.54 Å². The van der Waals surface area contributed by atoms with Crippen LogP contribution in [0.15, 0.2) is 53.9 Å². The van der Waals surface area contributed by atoms with Crippen LogP contribution in [0.2, 0.25) is 15.1 Å². The number of hydrogen-bond donors (Lipinski definition) is 0. The molecule has 0 fully saturated rings. The number of aromatic nitrogens is 2. The van der Waals surface area contributed by atoms with Crippen LogP contribution >= 0.6 is 34.8 Å². The molecule has 4 rings (SSSR count). The molecule has 6 heteroatoms. The summed E-state index contributed by atoms with van der Waals surface area (Å²) in [5.74, 6) is 0. The Hall–Kier alpha value is -1.94. The molecule has 3 nitrogen and oxygen atoms in total. The van der Waals surface area contributed by atoms with E-state index in [-0.39, 0.29) is 0 Å². The van der Waals surface area contributed by atoms with Crippen LogP contribution in [-0.4, -0.2) is 15.7 Å². The van der Waals surface area contributed by atoms with Crippen molar-refractivity contribution in [2.75, 3.05) is 0 Å². The molecule has 1 aliphatic rings. The molecule has 0 saturated heterocycles. The highest BCUT2D eigenvalue weighted by molar-refractivity contribution is 6.42. The molecule has 118 valence electrons. The van der Waals surface area contributed by atoms with E-state index in [2.05, 4.69) is 9.97 Å². The van der Waals surface area contributed by atoms with E-state index in [4.69, 9.17) is 39.8 Å². The average Bonchev–Trinajstić information content (AvgIpc) is 2.72. The quantitative estimate of drug-likeness (QED) is 0.567. The largest absolute Gasteiger partial charge is 0.279 e. The van der Waals surface area contributed by atoms with Gasteiger partial charge in [-0.3, -0.25) is 4.99 Å². The third-order valence-corrected chi connectivity index (χ3v) is 4.75. The Morgan fingerprint density at radius 1 is 0.917 bits per heavy atom. The molecular weight excluding hydrogens is 365 g/mol. The second-order valence-electron chi connectivity index (χ2n) is 5.35. The van der Waals surface area contributed by atoms with E-state index in [0.717, 1.165) is 22.4 Å². The molecule has 0 bridgehead atoms. The Morgan fingerprint density at radius 3 is 2.50 bits per heavy atom. The van der Waals surface area contributed by atoms with Crippen LogP contribution in [0.1, 0.15) is 16.7 Å². The van der Waals surface area contributed by atoms with E-state index in [1.165, 1.54) is 6.33 Å². The van der Waals surface area contributed by atoms with Gasteiger partial charge in [0.1, 0.15) is 6.33 Å². The van der Waals surface area contributed by atoms with Crippen LogP contribution in [-0.2, 0) is 6.54 Å². The van der Waals surface area contributed by atoms with E-state index in [1.807, 2.05) is 24.3 Å². The fraction of sp³-hybridized carbons (Fsp3) is 0.0556. The summed E-state index contributed by atoms with van der Waals surface area (Å²) < 4.78 is 0. The second kappa shape index (κ2) is 6.17. The van der Waals surface area contributed by atoms with Crippen LogP contribution in [0.25, 0.3) is 11.3 Å². The van der Waals surface area contributed by atoms with Gasteiger partial charge in [0.05, 0.1) is 28.0 Å². The van der Waals surface area contributed by atoms with Gasteiger partial charge in [-0.2, -0.15) is 0 Å². The number of nitrogens with zero attached hydrogens (tertiary/aromatic N) is 3. The van der Waals surface area contributed by atoms with Gasteiger partial charge in [0.2, 0.25) is 0 Å². The van der Waals surface area contributed by atoms with Gasteiger partial charge in [-0.25, -0.2) is 9.97 Å². The Morgan fingerprint density at radius 2 is 1.71 bits per heavy atom. The first-order valence-electron chi connectivity index (χ1n) is 7.23. The van der Waals surface area contributed by atoms with Gasteiger partial charge in [0.15, 0.2) is 0 Å². The normalized spacial score (nSPS) is 12.9. The van der Waals surface area contributed by atoms with Crippen molar-refractivity contribution in [1.82, 2.24) is 9.97 Å². The summed E-state index contributed by atoms with van der Waals surface area (Å²) in [6.45, 7) is 0.444. The third-order valence-electron chi connectivity index (χ3n) is 3.89. The summed E-state index contributed by atoms with van der Waals surface area (Å²) in [4.78, 5) is 13.3. The molecule has 0 spiro atoms. The van der Waals surface area contributed by atoms with E-state index in [0.29, 0.717) is 32.9 Å². The predicted molar refractivity (Wildman–Crippen MR) is 98.3 cm³/mol. The first kappa shape index (κ1) is 15.6. The lowest BCUT2D eigenvalue weighted by Crippen LogP contribution is -2.06. The topological polar surface area (TPSA) is 38.1 Å². The molecule has 0 N–H and O–H groups in total. The van der Waals surface area contributed by atoms with E-state index >= 15 is 0 Å². The van der Waals surface area contributed by atoms with Gasteiger partial charge in [-0.05, 0) is 24.3 Å². The van der Waals surface area contributed by atoms with Gasteiger partial charge in [-0.15, -0.1) is 0 Å². The first-order chi connectivity index (χ1) is 11.6. The summed E-state index contributed by atoms with van der Waals surface area (Å²) in [5, 5.41) is 1.70. The summed E-state index contributed by atoms with van der Waals surface area (Å²) >= 11 is 19.1. The SMILES string of the molecule is Clc1ccc2c(c1)C(c1c(Cl)cccc1Cl)=NCc1cncnc1-2. The second-order valence-corrected chi connectivity index (χ2v) is 6.60. The molecule has 1 aliphatic heterocycles. The van der Waals surface area contributed by atoms with Gasteiger partial charge in [0.25, 0.3) is 0 Å². The minimum atomic E-state index is 0.444. The van der Waals surface area contributed by atoms with Crippen molar-refractivity contribution in [3.8, 4) is 11.3 Å². The van der Waals surface area contributed by atoms with Gasteiger partial charge in [-0.1, -0.05) is 46.9 Å². The average molecular weight is 375 g/mol. The Kier molecular flexibility index (Phi) is 4.01. The zero-order valence-corrected chi connectivity index (χ0v) is 14.6. The van der Waals surface area contributed by atoms with Crippen molar-refractivity contribution < 1.29 is 0 Å². The molecule has 0 atom stereocenters. The van der Waals surface area contributed by atoms with Crippen LogP contribution in [0, 0.1) is 0 Å². The number of halogens is 3. The minimum Gasteiger partial charge on any atom is -0.279 e. The first-order valence-corrected chi connectivity index (χ1v) is 8.36. The molecule has 0 radical (unpaired) electrons. The molecule has 1 aromatic heterocycles. The molecule has 0 saturated carbocycles. The van der Waals surface area contributed by atoms with E-state index in [1.54, 1.807) is 18.3 Å². The fourth-order valence-electron chi connectivity index (χ4n) is 2.82. The van der Waals surface area contributed by atoms with Crippen molar-refractivity contribution >= 4 is 40.5 Å². The Balaban J connectivity index is 2.04. The molecular formula is C18H10Cl3N3. The highest BCUT2D eigenvalue weighted by Gasteiger charge is 2.23. The molecule has 2 aromatic carbocycles. The maximum absolute atomic E-state index is 6.41. The standard InChI is InChI=1S/C18H10Cl3N3/c19-11-4-5-12-13(6-11)18(16-14(20)2-1-3-15(16)21)23-8-10-7-22-9-24-17(10)12/h1-7,9H,8H2. The Labute approximate surface area is 154 Å². The monoisotopic (exact) mass is 373 g/mol. The summed E-state index contributed by atoms with van der Waals surface area (Å²) in [6.07, 6.45) is 3.31. The smallest absolute Gasteiger partial charge is 0.116 e. The predicted octanol–water partition coefficient (Wildman–Crippen LogP) is 5.45. The van der Waals surface area contributed by atoms with Crippen molar-refractivity contribution in [3.05, 3.63) is 80.7 Å². The van der Waals surface area contributed by atoms with Crippen molar-refractivity contribution in [1.29, 1.82) is 0 Å². The van der Waals surface area contributed by atoms with Gasteiger partial charge in [0, 0.05) is 33.5 Å². The lowest BCUT2D eigenvalue weighted by Gasteiger charge is -2.13. The lowest BCUT2D eigenvalue weighted by atomic mass is 9.95. The maximum Gasteiger partial charge on any atom is 0.116 e. The lowest BCUT2D eigenvalue weighted by molar-refractivity contribution is 1.02. The molecule has 0 amide bonds. The van der Waals surface area contributed by atoms with Gasteiger partial charge >= 0.3 is 0 Å². The maximum atomic E-state index is 6.41. The minimum absolute atomic E-state index is 0.444. The van der Waals surface area contributed by atoms with E-state index in [9.17, 15) is 0 Å². The highest BCUT2D eigenvalue weighted by atomic mass is 35.5. The third kappa shape index (κ3) is 2.59. The number of rotatable bonds is 1. The fourth-order valence-corrected chi connectivity index (χ4v) is 3.57. The molecule has 24 heavy (non-hydrogen) atoms. The number of fused-ring (bicyclic) bond motifs is 3. The van der Waals surface area contributed by atoms with Crippen LogP contribution in [0.5, 0.6) is 0 Å². The van der Waals surface area contributed by atoms with Crippen molar-refractivity contribution in [2.24, 2.45) is 4.99 Å². The van der Waals surface area contributed by atoms with E-state index < -0.39 is 0 Å². The molecule has 3 aromatic rings.